The number of methoxy groups -OCH3 is 2. The molecule has 0 aliphatic carbocycles. The van der Waals surface area contributed by atoms with Gasteiger partial charge in [-0.3, -0.25) is 4.79 Å². The van der Waals surface area contributed by atoms with Crippen molar-refractivity contribution < 1.29 is 32.9 Å². The quantitative estimate of drug-likeness (QED) is 0.333. The van der Waals surface area contributed by atoms with Gasteiger partial charge in [0.15, 0.2) is 23.9 Å². The van der Waals surface area contributed by atoms with Gasteiger partial charge in [-0.2, -0.15) is 0 Å². The van der Waals surface area contributed by atoms with E-state index < -0.39 is 12.6 Å². The molecule has 0 spiro atoms. The Morgan fingerprint density at radius 2 is 1.76 bits per heavy atom. The van der Waals surface area contributed by atoms with Crippen LogP contribution in [0.1, 0.15) is 18.1 Å². The molecule has 1 heterocycles. The zero-order valence-electron chi connectivity index (χ0n) is 19.5. The van der Waals surface area contributed by atoms with E-state index in [9.17, 15) is 9.59 Å². The average Bonchev–Trinajstić information content (AvgIpc) is 2.80. The first-order valence-corrected chi connectivity index (χ1v) is 10.6. The maximum absolute atomic E-state index is 13.4. The number of fused-ring (bicyclic) bond motifs is 1. The summed E-state index contributed by atoms with van der Waals surface area (Å²) in [6.45, 7) is 6.06. The molecule has 0 aliphatic rings. The highest BCUT2D eigenvalue weighted by Gasteiger charge is 2.21. The Labute approximate surface area is 192 Å². The van der Waals surface area contributed by atoms with Crippen molar-refractivity contribution in [2.24, 2.45) is 0 Å². The molecule has 33 heavy (non-hydrogen) atoms. The molecule has 3 aromatic rings. The Hall–Kier alpha value is -3.52. The van der Waals surface area contributed by atoms with Gasteiger partial charge >= 0.3 is 5.97 Å². The van der Waals surface area contributed by atoms with Crippen molar-refractivity contribution in [3.8, 4) is 28.6 Å². The average molecular weight is 456 g/mol. The number of hydrogen-bond donors (Lipinski definition) is 0. The van der Waals surface area contributed by atoms with E-state index in [0.717, 1.165) is 11.1 Å². The van der Waals surface area contributed by atoms with Crippen molar-refractivity contribution in [2.45, 2.75) is 20.8 Å². The monoisotopic (exact) mass is 456 g/mol. The molecule has 2 aromatic carbocycles. The van der Waals surface area contributed by atoms with Gasteiger partial charge in [0.05, 0.1) is 26.2 Å². The van der Waals surface area contributed by atoms with E-state index in [1.807, 2.05) is 26.8 Å². The fourth-order valence-corrected chi connectivity index (χ4v) is 3.50. The van der Waals surface area contributed by atoms with Crippen LogP contribution < -0.4 is 19.6 Å². The first-order chi connectivity index (χ1) is 15.9. The van der Waals surface area contributed by atoms with Crippen LogP contribution in [0.2, 0.25) is 0 Å². The molecule has 0 N–H and O–H groups in total. The summed E-state index contributed by atoms with van der Waals surface area (Å²) in [5.74, 6) is 0.466. The molecule has 176 valence electrons. The molecule has 8 nitrogen and oxygen atoms in total. The molecule has 0 aliphatic heterocycles. The number of carbonyl (C=O) groups is 1. The normalized spacial score (nSPS) is 10.8. The van der Waals surface area contributed by atoms with Crippen LogP contribution in [0, 0.1) is 13.8 Å². The van der Waals surface area contributed by atoms with Crippen molar-refractivity contribution in [2.75, 3.05) is 40.6 Å². The zero-order valence-corrected chi connectivity index (χ0v) is 19.5. The van der Waals surface area contributed by atoms with E-state index in [1.54, 1.807) is 24.3 Å². The van der Waals surface area contributed by atoms with E-state index in [2.05, 4.69) is 0 Å². The molecule has 0 bridgehead atoms. The van der Waals surface area contributed by atoms with E-state index >= 15 is 0 Å². The van der Waals surface area contributed by atoms with E-state index in [4.69, 9.17) is 28.1 Å². The summed E-state index contributed by atoms with van der Waals surface area (Å²) in [5.41, 5.74) is 2.29. The summed E-state index contributed by atoms with van der Waals surface area (Å²) in [4.78, 5) is 25.6. The van der Waals surface area contributed by atoms with Crippen molar-refractivity contribution in [1.82, 2.24) is 0 Å². The SMILES string of the molecule is CCOCCOC(=O)COc1c(-c2ccc(OC)c(OC)c2)oc2cc(C)cc(C)c2c1=O. The standard InChI is InChI=1S/C25H28O8/c1-6-30-9-10-31-21(26)14-32-25-23(27)22-16(3)11-15(2)12-20(22)33-24(25)17-7-8-18(28-4)19(13-17)29-5/h7-8,11-13H,6,9-10,14H2,1-5H3. The predicted molar refractivity (Wildman–Crippen MR) is 123 cm³/mol. The minimum absolute atomic E-state index is 0.0802. The lowest BCUT2D eigenvalue weighted by Gasteiger charge is -2.14. The van der Waals surface area contributed by atoms with Crippen molar-refractivity contribution >= 4 is 16.9 Å². The molecule has 0 radical (unpaired) electrons. The van der Waals surface area contributed by atoms with Crippen LogP contribution in [0.4, 0.5) is 0 Å². The van der Waals surface area contributed by atoms with Crippen LogP contribution in [0.3, 0.4) is 0 Å². The lowest BCUT2D eigenvalue weighted by molar-refractivity contribution is -0.147. The third kappa shape index (κ3) is 5.46. The van der Waals surface area contributed by atoms with Gasteiger partial charge in [0.25, 0.3) is 0 Å². The third-order valence-corrected chi connectivity index (χ3v) is 4.97. The van der Waals surface area contributed by atoms with Crippen LogP contribution >= 0.6 is 0 Å². The fourth-order valence-electron chi connectivity index (χ4n) is 3.50. The van der Waals surface area contributed by atoms with Gasteiger partial charge < -0.3 is 28.1 Å². The molecule has 0 amide bonds. The largest absolute Gasteiger partial charge is 0.493 e. The highest BCUT2D eigenvalue weighted by molar-refractivity contribution is 5.86. The van der Waals surface area contributed by atoms with Gasteiger partial charge in [-0.25, -0.2) is 4.79 Å². The van der Waals surface area contributed by atoms with Gasteiger partial charge in [0.2, 0.25) is 11.2 Å². The van der Waals surface area contributed by atoms with E-state index in [0.29, 0.717) is 34.6 Å². The Morgan fingerprint density at radius 3 is 2.45 bits per heavy atom. The molecule has 0 saturated heterocycles. The topological polar surface area (TPSA) is 93.4 Å². The van der Waals surface area contributed by atoms with E-state index in [1.165, 1.54) is 14.2 Å². The van der Waals surface area contributed by atoms with Gasteiger partial charge in [0.1, 0.15) is 12.2 Å². The van der Waals surface area contributed by atoms with Gasteiger partial charge in [-0.15, -0.1) is 0 Å². The molecule has 1 aromatic heterocycles. The summed E-state index contributed by atoms with van der Waals surface area (Å²) < 4.78 is 32.7. The second-order valence-corrected chi connectivity index (χ2v) is 7.32. The minimum atomic E-state index is -0.618. The molecule has 8 heteroatoms. The van der Waals surface area contributed by atoms with Crippen molar-refractivity contribution in [3.63, 3.8) is 0 Å². The van der Waals surface area contributed by atoms with Crippen molar-refractivity contribution in [3.05, 3.63) is 51.7 Å². The van der Waals surface area contributed by atoms with Crippen LogP contribution in [0.5, 0.6) is 17.2 Å². The highest BCUT2D eigenvalue weighted by atomic mass is 16.6. The highest BCUT2D eigenvalue weighted by Crippen LogP contribution is 2.37. The molecule has 3 rings (SSSR count). The molecular weight excluding hydrogens is 428 g/mol. The third-order valence-electron chi connectivity index (χ3n) is 4.97. The van der Waals surface area contributed by atoms with Gasteiger partial charge in [-0.1, -0.05) is 6.07 Å². The number of esters is 1. The summed E-state index contributed by atoms with van der Waals surface area (Å²) in [6.07, 6.45) is 0. The Kier molecular flexibility index (Phi) is 7.95. The fraction of sp³-hybridized carbons (Fsp3) is 0.360. The van der Waals surface area contributed by atoms with Crippen molar-refractivity contribution in [1.29, 1.82) is 0 Å². The second-order valence-electron chi connectivity index (χ2n) is 7.32. The van der Waals surface area contributed by atoms with Gasteiger partial charge in [0, 0.05) is 12.2 Å². The van der Waals surface area contributed by atoms with Gasteiger partial charge in [-0.05, 0) is 56.2 Å². The molecule has 0 atom stereocenters. The first-order valence-electron chi connectivity index (χ1n) is 10.6. The molecular formula is C25H28O8. The number of benzene rings is 2. The van der Waals surface area contributed by atoms with Crippen LogP contribution in [0.25, 0.3) is 22.3 Å². The Morgan fingerprint density at radius 1 is 1.00 bits per heavy atom. The molecule has 0 fully saturated rings. The number of ether oxygens (including phenoxy) is 5. The summed E-state index contributed by atoms with van der Waals surface area (Å²) in [7, 11) is 3.05. The van der Waals surface area contributed by atoms with Crippen LogP contribution in [-0.4, -0.2) is 46.6 Å². The maximum atomic E-state index is 13.4. The van der Waals surface area contributed by atoms with Crippen LogP contribution in [-0.2, 0) is 14.3 Å². The number of hydrogen-bond acceptors (Lipinski definition) is 8. The summed E-state index contributed by atoms with van der Waals surface area (Å²) in [5, 5.41) is 0.393. The summed E-state index contributed by atoms with van der Waals surface area (Å²) >= 11 is 0. The second kappa shape index (κ2) is 10.9. The van der Waals surface area contributed by atoms with E-state index in [-0.39, 0.29) is 30.2 Å². The molecule has 0 saturated carbocycles. The first kappa shape index (κ1) is 24.1. The maximum Gasteiger partial charge on any atom is 0.344 e. The Balaban J connectivity index is 2.05. The van der Waals surface area contributed by atoms with Crippen LogP contribution in [0.15, 0.2) is 39.5 Å². The minimum Gasteiger partial charge on any atom is -0.493 e. The number of aryl methyl sites for hydroxylation is 2. The zero-order chi connectivity index (χ0) is 24.0. The summed E-state index contributed by atoms with van der Waals surface area (Å²) in [6, 6.07) is 8.78. The Bertz CT molecular complexity index is 1200. The molecule has 0 unspecified atom stereocenters. The predicted octanol–water partition coefficient (Wildman–Crippen LogP) is 4.05. The number of rotatable bonds is 10. The smallest absolute Gasteiger partial charge is 0.344 e. The lowest BCUT2D eigenvalue weighted by atomic mass is 10.0. The number of carbonyl (C=O) groups excluding carboxylic acids is 1. The lowest BCUT2D eigenvalue weighted by Crippen LogP contribution is -2.20.